The SMILES string of the molecule is C=CCN1C(=O)OC(c2ccccc2)C1=O. The zero-order chi connectivity index (χ0) is 11.5. The van der Waals surface area contributed by atoms with Crippen molar-refractivity contribution in [2.75, 3.05) is 6.54 Å². The van der Waals surface area contributed by atoms with E-state index in [0.29, 0.717) is 5.56 Å². The number of rotatable bonds is 3. The molecule has 0 bridgehead atoms. The van der Waals surface area contributed by atoms with Crippen LogP contribution in [0.2, 0.25) is 0 Å². The number of cyclic esters (lactones) is 1. The minimum atomic E-state index is -0.811. The number of ether oxygens (including phenoxy) is 1. The summed E-state index contributed by atoms with van der Waals surface area (Å²) in [6.45, 7) is 3.67. The number of carbonyl (C=O) groups excluding carboxylic acids is 2. The molecule has 82 valence electrons. The maximum absolute atomic E-state index is 11.8. The van der Waals surface area contributed by atoms with Gasteiger partial charge in [-0.25, -0.2) is 9.69 Å². The predicted molar refractivity (Wildman–Crippen MR) is 57.6 cm³/mol. The van der Waals surface area contributed by atoms with Crippen molar-refractivity contribution in [3.8, 4) is 0 Å². The Morgan fingerprint density at radius 2 is 2.00 bits per heavy atom. The van der Waals surface area contributed by atoms with Gasteiger partial charge in [-0.05, 0) is 0 Å². The van der Waals surface area contributed by atoms with Gasteiger partial charge < -0.3 is 4.74 Å². The van der Waals surface area contributed by atoms with Crippen LogP contribution in [0, 0.1) is 0 Å². The number of hydrogen-bond acceptors (Lipinski definition) is 3. The summed E-state index contributed by atoms with van der Waals surface area (Å²) in [5.41, 5.74) is 0.687. The highest BCUT2D eigenvalue weighted by molar-refractivity contribution is 6.00. The van der Waals surface area contributed by atoms with Gasteiger partial charge in [0.25, 0.3) is 5.91 Å². The summed E-state index contributed by atoms with van der Waals surface area (Å²) in [5, 5.41) is 0. The summed E-state index contributed by atoms with van der Waals surface area (Å²) in [4.78, 5) is 24.3. The van der Waals surface area contributed by atoms with Crippen molar-refractivity contribution in [1.29, 1.82) is 0 Å². The topological polar surface area (TPSA) is 46.6 Å². The van der Waals surface area contributed by atoms with Crippen LogP contribution in [0.5, 0.6) is 0 Å². The van der Waals surface area contributed by atoms with Gasteiger partial charge >= 0.3 is 6.09 Å². The van der Waals surface area contributed by atoms with Crippen LogP contribution in [0.1, 0.15) is 11.7 Å². The summed E-state index contributed by atoms with van der Waals surface area (Å²) in [5.74, 6) is -0.337. The van der Waals surface area contributed by atoms with E-state index in [1.54, 1.807) is 24.3 Å². The van der Waals surface area contributed by atoms with Crippen LogP contribution in [0.4, 0.5) is 4.79 Å². The van der Waals surface area contributed by atoms with Crippen molar-refractivity contribution in [3.05, 3.63) is 48.6 Å². The Morgan fingerprint density at radius 3 is 2.62 bits per heavy atom. The molecule has 0 radical (unpaired) electrons. The highest BCUT2D eigenvalue weighted by Gasteiger charge is 2.40. The smallest absolute Gasteiger partial charge is 0.418 e. The van der Waals surface area contributed by atoms with Crippen LogP contribution < -0.4 is 0 Å². The summed E-state index contributed by atoms with van der Waals surface area (Å²) in [6.07, 6.45) is 0.0689. The van der Waals surface area contributed by atoms with Crippen LogP contribution in [-0.2, 0) is 9.53 Å². The summed E-state index contributed by atoms with van der Waals surface area (Å²) < 4.78 is 5.01. The Balaban J connectivity index is 2.24. The lowest BCUT2D eigenvalue weighted by Crippen LogP contribution is -2.29. The molecule has 1 aromatic carbocycles. The van der Waals surface area contributed by atoms with Gasteiger partial charge in [0.15, 0.2) is 0 Å². The van der Waals surface area contributed by atoms with Gasteiger partial charge in [0.2, 0.25) is 6.10 Å². The summed E-state index contributed by atoms with van der Waals surface area (Å²) in [6, 6.07) is 8.95. The number of carbonyl (C=O) groups is 2. The standard InChI is InChI=1S/C12H11NO3/c1-2-8-13-11(14)10(16-12(13)15)9-6-4-3-5-7-9/h2-7,10H,1,8H2. The molecule has 0 aliphatic carbocycles. The van der Waals surface area contributed by atoms with Gasteiger partial charge in [-0.15, -0.1) is 6.58 Å². The molecule has 2 amide bonds. The fourth-order valence-electron chi connectivity index (χ4n) is 1.58. The molecule has 0 aromatic heterocycles. The second kappa shape index (κ2) is 4.18. The van der Waals surface area contributed by atoms with Crippen LogP contribution >= 0.6 is 0 Å². The molecule has 0 N–H and O–H groups in total. The van der Waals surface area contributed by atoms with E-state index in [9.17, 15) is 9.59 Å². The summed E-state index contributed by atoms with van der Waals surface area (Å²) >= 11 is 0. The van der Waals surface area contributed by atoms with E-state index < -0.39 is 12.2 Å². The Morgan fingerprint density at radius 1 is 1.31 bits per heavy atom. The quantitative estimate of drug-likeness (QED) is 0.726. The molecule has 1 heterocycles. The monoisotopic (exact) mass is 217 g/mol. The Kier molecular flexibility index (Phi) is 2.72. The van der Waals surface area contributed by atoms with E-state index in [1.165, 1.54) is 6.08 Å². The molecule has 4 nitrogen and oxygen atoms in total. The molecule has 1 saturated heterocycles. The van der Waals surface area contributed by atoms with Crippen molar-refractivity contribution in [3.63, 3.8) is 0 Å². The average molecular weight is 217 g/mol. The van der Waals surface area contributed by atoms with Crippen molar-refractivity contribution in [2.45, 2.75) is 6.10 Å². The third-order valence-electron chi connectivity index (χ3n) is 2.34. The van der Waals surface area contributed by atoms with Crippen LogP contribution in [0.3, 0.4) is 0 Å². The molecule has 1 aliphatic rings. The Hall–Kier alpha value is -2.10. The zero-order valence-electron chi connectivity index (χ0n) is 8.63. The molecule has 0 spiro atoms. The molecular formula is C12H11NO3. The summed E-state index contributed by atoms with van der Waals surface area (Å²) in [7, 11) is 0. The molecule has 1 aliphatic heterocycles. The van der Waals surface area contributed by atoms with Crippen LogP contribution in [-0.4, -0.2) is 23.4 Å². The van der Waals surface area contributed by atoms with E-state index in [2.05, 4.69) is 6.58 Å². The van der Waals surface area contributed by atoms with Crippen molar-refractivity contribution in [2.24, 2.45) is 0 Å². The van der Waals surface area contributed by atoms with E-state index in [0.717, 1.165) is 4.90 Å². The van der Waals surface area contributed by atoms with E-state index in [-0.39, 0.29) is 12.5 Å². The fourth-order valence-corrected chi connectivity index (χ4v) is 1.58. The molecule has 1 unspecified atom stereocenters. The third kappa shape index (κ3) is 1.69. The highest BCUT2D eigenvalue weighted by atomic mass is 16.6. The fraction of sp³-hybridized carbons (Fsp3) is 0.167. The number of imide groups is 1. The number of nitrogens with zero attached hydrogens (tertiary/aromatic N) is 1. The second-order valence-electron chi connectivity index (χ2n) is 3.41. The first-order valence-electron chi connectivity index (χ1n) is 4.92. The lowest BCUT2D eigenvalue weighted by atomic mass is 10.1. The minimum absolute atomic E-state index is 0.182. The van der Waals surface area contributed by atoms with Gasteiger partial charge in [-0.2, -0.15) is 0 Å². The average Bonchev–Trinajstić information content (AvgIpc) is 2.59. The number of hydrogen-bond donors (Lipinski definition) is 0. The van der Waals surface area contributed by atoms with Crippen LogP contribution in [0.15, 0.2) is 43.0 Å². The minimum Gasteiger partial charge on any atom is -0.431 e. The third-order valence-corrected chi connectivity index (χ3v) is 2.34. The van der Waals surface area contributed by atoms with E-state index in [4.69, 9.17) is 4.74 Å². The maximum atomic E-state index is 11.8. The predicted octanol–water partition coefficient (Wildman–Crippen LogP) is 1.89. The van der Waals surface area contributed by atoms with Gasteiger partial charge in [-0.1, -0.05) is 36.4 Å². The lowest BCUT2D eigenvalue weighted by molar-refractivity contribution is -0.129. The van der Waals surface area contributed by atoms with Gasteiger partial charge in [0, 0.05) is 12.1 Å². The van der Waals surface area contributed by atoms with E-state index >= 15 is 0 Å². The molecular weight excluding hydrogens is 206 g/mol. The second-order valence-corrected chi connectivity index (χ2v) is 3.41. The van der Waals surface area contributed by atoms with Crippen molar-refractivity contribution >= 4 is 12.0 Å². The maximum Gasteiger partial charge on any atom is 0.418 e. The zero-order valence-corrected chi connectivity index (χ0v) is 8.63. The normalized spacial score (nSPS) is 19.8. The first-order chi connectivity index (χ1) is 7.74. The van der Waals surface area contributed by atoms with Crippen molar-refractivity contribution in [1.82, 2.24) is 4.90 Å². The molecule has 0 saturated carbocycles. The van der Waals surface area contributed by atoms with Gasteiger partial charge in [0.1, 0.15) is 0 Å². The molecule has 1 atom stereocenters. The Bertz CT molecular complexity index is 427. The van der Waals surface area contributed by atoms with Crippen LogP contribution in [0.25, 0.3) is 0 Å². The molecule has 2 rings (SSSR count). The van der Waals surface area contributed by atoms with Gasteiger partial charge in [-0.3, -0.25) is 4.79 Å². The first-order valence-corrected chi connectivity index (χ1v) is 4.92. The Labute approximate surface area is 93.1 Å². The molecule has 16 heavy (non-hydrogen) atoms. The lowest BCUT2D eigenvalue weighted by Gasteiger charge is -2.07. The molecule has 1 aromatic rings. The van der Waals surface area contributed by atoms with Crippen molar-refractivity contribution < 1.29 is 14.3 Å². The largest absolute Gasteiger partial charge is 0.431 e. The van der Waals surface area contributed by atoms with E-state index in [1.807, 2.05) is 6.07 Å². The molecule has 1 fully saturated rings. The highest BCUT2D eigenvalue weighted by Crippen LogP contribution is 2.26. The molecule has 4 heteroatoms. The number of benzene rings is 1. The first kappa shape index (κ1) is 10.4. The number of amides is 2. The van der Waals surface area contributed by atoms with Gasteiger partial charge in [0.05, 0.1) is 0 Å².